The molecule has 0 saturated carbocycles. The van der Waals surface area contributed by atoms with Crippen LogP contribution < -0.4 is 15.4 Å². The van der Waals surface area contributed by atoms with E-state index in [1.165, 1.54) is 7.11 Å². The molecule has 0 radical (unpaired) electrons. The molecule has 6 heteroatoms. The molecule has 0 bridgehead atoms. The number of carbonyl (C=O) groups is 2. The number of carboxylic acids is 1. The summed E-state index contributed by atoms with van der Waals surface area (Å²) >= 11 is 0. The van der Waals surface area contributed by atoms with Crippen LogP contribution in [0.25, 0.3) is 0 Å². The van der Waals surface area contributed by atoms with Gasteiger partial charge < -0.3 is 20.5 Å². The lowest BCUT2D eigenvalue weighted by atomic mass is 10.2. The molecule has 0 heterocycles. The van der Waals surface area contributed by atoms with Crippen LogP contribution in [-0.4, -0.2) is 30.3 Å². The Hall–Kier alpha value is -2.24. The molecule has 0 aliphatic rings. The van der Waals surface area contributed by atoms with Crippen molar-refractivity contribution in [1.29, 1.82) is 0 Å². The fourth-order valence-electron chi connectivity index (χ4n) is 1.40. The first-order valence-electron chi connectivity index (χ1n) is 5.44. The molecule has 0 saturated heterocycles. The van der Waals surface area contributed by atoms with E-state index in [0.717, 1.165) is 0 Å². The van der Waals surface area contributed by atoms with Gasteiger partial charge in [-0.15, -0.1) is 0 Å². The number of amides is 2. The molecule has 1 rings (SSSR count). The zero-order valence-electron chi connectivity index (χ0n) is 10.3. The number of nitrogens with one attached hydrogen (secondary N) is 2. The van der Waals surface area contributed by atoms with Crippen molar-refractivity contribution in [3.63, 3.8) is 0 Å². The number of aliphatic carboxylic acids is 1. The van der Waals surface area contributed by atoms with E-state index in [0.29, 0.717) is 11.4 Å². The van der Waals surface area contributed by atoms with E-state index >= 15 is 0 Å². The van der Waals surface area contributed by atoms with Crippen LogP contribution >= 0.6 is 0 Å². The van der Waals surface area contributed by atoms with Crippen LogP contribution in [0.4, 0.5) is 10.5 Å². The van der Waals surface area contributed by atoms with Crippen LogP contribution in [0.3, 0.4) is 0 Å². The lowest BCUT2D eigenvalue weighted by Crippen LogP contribution is -2.37. The number of carbonyl (C=O) groups excluding carboxylic acids is 1. The molecule has 98 valence electrons. The molecule has 2 amide bonds. The van der Waals surface area contributed by atoms with Crippen LogP contribution in [0.1, 0.15) is 13.3 Å². The van der Waals surface area contributed by atoms with Crippen molar-refractivity contribution in [2.24, 2.45) is 0 Å². The van der Waals surface area contributed by atoms with E-state index in [9.17, 15) is 9.59 Å². The molecule has 1 unspecified atom stereocenters. The van der Waals surface area contributed by atoms with Crippen molar-refractivity contribution < 1.29 is 19.4 Å². The molecule has 0 aromatic heterocycles. The van der Waals surface area contributed by atoms with Gasteiger partial charge in [-0.05, 0) is 19.1 Å². The number of rotatable bonds is 5. The van der Waals surface area contributed by atoms with Gasteiger partial charge in [-0.3, -0.25) is 4.79 Å². The smallest absolute Gasteiger partial charge is 0.319 e. The van der Waals surface area contributed by atoms with Crippen LogP contribution in [0.5, 0.6) is 5.75 Å². The minimum atomic E-state index is -0.954. The van der Waals surface area contributed by atoms with E-state index in [-0.39, 0.29) is 6.42 Å². The summed E-state index contributed by atoms with van der Waals surface area (Å²) in [5.74, 6) is -0.324. The van der Waals surface area contributed by atoms with Crippen molar-refractivity contribution in [3.05, 3.63) is 24.3 Å². The van der Waals surface area contributed by atoms with E-state index in [2.05, 4.69) is 10.6 Å². The molecule has 18 heavy (non-hydrogen) atoms. The summed E-state index contributed by atoms with van der Waals surface area (Å²) in [6.07, 6.45) is -0.120. The molecule has 0 aliphatic carbocycles. The van der Waals surface area contributed by atoms with Gasteiger partial charge in [0.2, 0.25) is 0 Å². The number of hydrogen-bond donors (Lipinski definition) is 3. The summed E-state index contributed by atoms with van der Waals surface area (Å²) in [5, 5.41) is 13.7. The number of methoxy groups -OCH3 is 1. The van der Waals surface area contributed by atoms with Gasteiger partial charge in [0.15, 0.2) is 0 Å². The van der Waals surface area contributed by atoms with Gasteiger partial charge in [0.25, 0.3) is 0 Å². The minimum absolute atomic E-state index is 0.120. The average molecular weight is 252 g/mol. The Balaban J connectivity index is 2.51. The van der Waals surface area contributed by atoms with E-state index in [1.54, 1.807) is 31.2 Å². The number of ether oxygens (including phenoxy) is 1. The predicted octanol–water partition coefficient (Wildman–Crippen LogP) is 1.68. The van der Waals surface area contributed by atoms with Crippen molar-refractivity contribution in [1.82, 2.24) is 5.32 Å². The van der Waals surface area contributed by atoms with Gasteiger partial charge in [-0.1, -0.05) is 6.07 Å². The van der Waals surface area contributed by atoms with Gasteiger partial charge in [-0.25, -0.2) is 4.79 Å². The maximum atomic E-state index is 11.5. The van der Waals surface area contributed by atoms with Crippen LogP contribution in [-0.2, 0) is 4.79 Å². The van der Waals surface area contributed by atoms with E-state index < -0.39 is 18.0 Å². The molecule has 1 aromatic rings. The van der Waals surface area contributed by atoms with Gasteiger partial charge in [-0.2, -0.15) is 0 Å². The third kappa shape index (κ3) is 4.73. The van der Waals surface area contributed by atoms with Crippen LogP contribution in [0.15, 0.2) is 24.3 Å². The quantitative estimate of drug-likeness (QED) is 0.744. The molecule has 6 nitrogen and oxygen atoms in total. The zero-order valence-corrected chi connectivity index (χ0v) is 10.3. The van der Waals surface area contributed by atoms with Crippen molar-refractivity contribution in [2.75, 3.05) is 12.4 Å². The molecular formula is C12H16N2O4. The third-order valence-electron chi connectivity index (χ3n) is 2.19. The Bertz CT molecular complexity index is 434. The maximum Gasteiger partial charge on any atom is 0.319 e. The number of urea groups is 1. The molecular weight excluding hydrogens is 236 g/mol. The van der Waals surface area contributed by atoms with Crippen molar-refractivity contribution in [3.8, 4) is 5.75 Å². The number of anilines is 1. The topological polar surface area (TPSA) is 87.7 Å². The lowest BCUT2D eigenvalue weighted by Gasteiger charge is -2.13. The summed E-state index contributed by atoms with van der Waals surface area (Å²) in [7, 11) is 1.54. The normalized spacial score (nSPS) is 11.4. The van der Waals surface area contributed by atoms with E-state index in [1.807, 2.05) is 0 Å². The third-order valence-corrected chi connectivity index (χ3v) is 2.19. The highest BCUT2D eigenvalue weighted by molar-refractivity contribution is 5.89. The summed E-state index contributed by atoms with van der Waals surface area (Å²) in [4.78, 5) is 22.0. The monoisotopic (exact) mass is 252 g/mol. The second-order valence-corrected chi connectivity index (χ2v) is 3.83. The Morgan fingerprint density at radius 3 is 2.78 bits per heavy atom. The molecule has 0 fully saturated rings. The van der Waals surface area contributed by atoms with E-state index in [4.69, 9.17) is 9.84 Å². The molecule has 0 spiro atoms. The van der Waals surface area contributed by atoms with Gasteiger partial charge in [0, 0.05) is 17.8 Å². The van der Waals surface area contributed by atoms with Crippen LogP contribution in [0, 0.1) is 0 Å². The number of hydrogen-bond acceptors (Lipinski definition) is 3. The first kappa shape index (κ1) is 13.8. The highest BCUT2D eigenvalue weighted by Crippen LogP contribution is 2.16. The van der Waals surface area contributed by atoms with Crippen LogP contribution in [0.2, 0.25) is 0 Å². The standard InChI is InChI=1S/C12H16N2O4/c1-8(6-11(15)16)13-12(17)14-9-4-3-5-10(7-9)18-2/h3-5,7-8H,6H2,1-2H3,(H,15,16)(H2,13,14,17). The second kappa shape index (κ2) is 6.48. The fraction of sp³-hybridized carbons (Fsp3) is 0.333. The lowest BCUT2D eigenvalue weighted by molar-refractivity contribution is -0.137. The highest BCUT2D eigenvalue weighted by atomic mass is 16.5. The Labute approximate surface area is 105 Å². The van der Waals surface area contributed by atoms with Crippen molar-refractivity contribution in [2.45, 2.75) is 19.4 Å². The Morgan fingerprint density at radius 1 is 1.44 bits per heavy atom. The Kier molecular flexibility index (Phi) is 4.98. The number of carboxylic acid groups (broad SMARTS) is 1. The predicted molar refractivity (Wildman–Crippen MR) is 66.9 cm³/mol. The zero-order chi connectivity index (χ0) is 13.5. The van der Waals surface area contributed by atoms with Crippen molar-refractivity contribution >= 4 is 17.7 Å². The second-order valence-electron chi connectivity index (χ2n) is 3.83. The number of benzene rings is 1. The SMILES string of the molecule is COc1cccc(NC(=O)NC(C)CC(=O)O)c1. The fourth-order valence-corrected chi connectivity index (χ4v) is 1.40. The minimum Gasteiger partial charge on any atom is -0.497 e. The summed E-state index contributed by atoms with van der Waals surface area (Å²) in [6, 6.07) is 6.00. The van der Waals surface area contributed by atoms with Gasteiger partial charge >= 0.3 is 12.0 Å². The largest absolute Gasteiger partial charge is 0.497 e. The maximum absolute atomic E-state index is 11.5. The molecule has 0 aliphatic heterocycles. The summed E-state index contributed by atoms with van der Waals surface area (Å²) < 4.78 is 5.02. The van der Waals surface area contributed by atoms with Gasteiger partial charge in [0.1, 0.15) is 5.75 Å². The highest BCUT2D eigenvalue weighted by Gasteiger charge is 2.10. The molecule has 3 N–H and O–H groups in total. The first-order valence-corrected chi connectivity index (χ1v) is 5.44. The molecule has 1 atom stereocenters. The summed E-state index contributed by atoms with van der Waals surface area (Å²) in [5.41, 5.74) is 0.578. The Morgan fingerprint density at radius 2 is 2.17 bits per heavy atom. The average Bonchev–Trinajstić information content (AvgIpc) is 2.27. The molecule has 1 aromatic carbocycles. The first-order chi connectivity index (χ1) is 8.51. The van der Waals surface area contributed by atoms with Gasteiger partial charge in [0.05, 0.1) is 13.5 Å². The summed E-state index contributed by atoms with van der Waals surface area (Å²) in [6.45, 7) is 1.62.